The Labute approximate surface area is 199 Å². The van der Waals surface area contributed by atoms with Crippen molar-refractivity contribution in [1.29, 1.82) is 0 Å². The summed E-state index contributed by atoms with van der Waals surface area (Å²) in [5.74, 6) is 1.58. The monoisotopic (exact) mass is 465 g/mol. The van der Waals surface area contributed by atoms with Crippen molar-refractivity contribution in [2.75, 3.05) is 26.7 Å². The molecule has 2 N–H and O–H groups in total. The lowest BCUT2D eigenvalue weighted by atomic mass is 10.0. The maximum absolute atomic E-state index is 12.8. The first-order valence-electron chi connectivity index (χ1n) is 11.4. The highest BCUT2D eigenvalue weighted by Crippen LogP contribution is 2.27. The van der Waals surface area contributed by atoms with Crippen LogP contribution in [0.25, 0.3) is 11.4 Å². The molecular formula is C25H31N5O2S. The van der Waals surface area contributed by atoms with Crippen LogP contribution in [0.5, 0.6) is 5.75 Å². The molecule has 1 saturated heterocycles. The second-order valence-electron chi connectivity index (χ2n) is 8.46. The minimum atomic E-state index is 0.0000455. The SMILES string of the molecule is COc1cccc(C(CNC(=O)CCn2c(-c3ccc(C)cc3)n[nH]c2=S)N2CCCC2)c1. The topological polar surface area (TPSA) is 75.2 Å². The van der Waals surface area contributed by atoms with Crippen LogP contribution >= 0.6 is 12.2 Å². The van der Waals surface area contributed by atoms with Gasteiger partial charge in [0.15, 0.2) is 10.6 Å². The summed E-state index contributed by atoms with van der Waals surface area (Å²) < 4.78 is 7.82. The van der Waals surface area contributed by atoms with Crippen molar-refractivity contribution in [3.05, 3.63) is 64.4 Å². The van der Waals surface area contributed by atoms with Gasteiger partial charge in [-0.25, -0.2) is 0 Å². The van der Waals surface area contributed by atoms with Crippen molar-refractivity contribution in [1.82, 2.24) is 25.0 Å². The molecule has 0 radical (unpaired) electrons. The van der Waals surface area contributed by atoms with Crippen LogP contribution in [-0.2, 0) is 11.3 Å². The molecule has 0 bridgehead atoms. The lowest BCUT2D eigenvalue weighted by molar-refractivity contribution is -0.121. The van der Waals surface area contributed by atoms with E-state index in [-0.39, 0.29) is 11.9 Å². The molecule has 4 rings (SSSR count). The van der Waals surface area contributed by atoms with Gasteiger partial charge in [0.1, 0.15) is 5.75 Å². The largest absolute Gasteiger partial charge is 0.497 e. The second-order valence-corrected chi connectivity index (χ2v) is 8.85. The highest BCUT2D eigenvalue weighted by Gasteiger charge is 2.24. The number of benzene rings is 2. The number of hydrogen-bond donors (Lipinski definition) is 2. The Morgan fingerprint density at radius 2 is 1.97 bits per heavy atom. The van der Waals surface area contributed by atoms with Crippen molar-refractivity contribution in [2.45, 2.75) is 38.8 Å². The number of hydrogen-bond acceptors (Lipinski definition) is 5. The first-order valence-corrected chi connectivity index (χ1v) is 11.8. The lowest BCUT2D eigenvalue weighted by Gasteiger charge is -2.28. The van der Waals surface area contributed by atoms with Crippen LogP contribution in [0.4, 0.5) is 0 Å². The maximum Gasteiger partial charge on any atom is 0.221 e. The number of likely N-dealkylation sites (tertiary alicyclic amines) is 1. The molecule has 1 amide bonds. The van der Waals surface area contributed by atoms with Crippen LogP contribution in [0.2, 0.25) is 0 Å². The zero-order chi connectivity index (χ0) is 23.2. The lowest BCUT2D eigenvalue weighted by Crippen LogP contribution is -2.37. The number of carbonyl (C=O) groups is 1. The number of nitrogens with zero attached hydrogens (tertiary/aromatic N) is 3. The van der Waals surface area contributed by atoms with Crippen LogP contribution in [0.1, 0.15) is 36.4 Å². The van der Waals surface area contributed by atoms with E-state index < -0.39 is 0 Å². The van der Waals surface area contributed by atoms with Crippen molar-refractivity contribution in [2.24, 2.45) is 0 Å². The summed E-state index contributed by atoms with van der Waals surface area (Å²) in [6.07, 6.45) is 2.71. The van der Waals surface area contributed by atoms with Crippen LogP contribution in [0.3, 0.4) is 0 Å². The molecule has 0 saturated carbocycles. The Morgan fingerprint density at radius 3 is 2.70 bits per heavy atom. The number of carbonyl (C=O) groups excluding carboxylic acids is 1. The number of aryl methyl sites for hydroxylation is 1. The second kappa shape index (κ2) is 10.8. The fourth-order valence-corrected chi connectivity index (χ4v) is 4.54. The van der Waals surface area contributed by atoms with Crippen molar-refractivity contribution < 1.29 is 9.53 Å². The fourth-order valence-electron chi connectivity index (χ4n) is 4.32. The van der Waals surface area contributed by atoms with E-state index in [0.29, 0.717) is 24.3 Å². The fraction of sp³-hybridized carbons (Fsp3) is 0.400. The van der Waals surface area contributed by atoms with Gasteiger partial charge in [0.05, 0.1) is 13.2 Å². The highest BCUT2D eigenvalue weighted by atomic mass is 32.1. The number of nitrogens with one attached hydrogen (secondary N) is 2. The van der Waals surface area contributed by atoms with E-state index >= 15 is 0 Å². The minimum Gasteiger partial charge on any atom is -0.497 e. The Morgan fingerprint density at radius 1 is 1.21 bits per heavy atom. The van der Waals surface area contributed by atoms with Gasteiger partial charge in [0.25, 0.3) is 0 Å². The molecule has 1 fully saturated rings. The molecule has 0 spiro atoms. The number of H-pyrrole nitrogens is 1. The van der Waals surface area contributed by atoms with E-state index in [1.165, 1.54) is 18.4 Å². The zero-order valence-electron chi connectivity index (χ0n) is 19.2. The number of ether oxygens (including phenoxy) is 1. The average molecular weight is 466 g/mol. The molecule has 1 aliphatic rings. The summed E-state index contributed by atoms with van der Waals surface area (Å²) in [6, 6.07) is 16.4. The summed E-state index contributed by atoms with van der Waals surface area (Å²) in [7, 11) is 1.68. The predicted octanol–water partition coefficient (Wildman–Crippen LogP) is 4.27. The van der Waals surface area contributed by atoms with Crippen LogP contribution in [0, 0.1) is 11.7 Å². The molecule has 2 aromatic carbocycles. The molecule has 8 heteroatoms. The molecule has 2 heterocycles. The molecular weight excluding hydrogens is 434 g/mol. The average Bonchev–Trinajstić information content (AvgIpc) is 3.49. The summed E-state index contributed by atoms with van der Waals surface area (Å²) >= 11 is 5.41. The van der Waals surface area contributed by atoms with Crippen molar-refractivity contribution >= 4 is 18.1 Å². The maximum atomic E-state index is 12.8. The summed E-state index contributed by atoms with van der Waals surface area (Å²) in [6.45, 7) is 5.17. The Balaban J connectivity index is 1.40. The minimum absolute atomic E-state index is 0.0000455. The third-order valence-electron chi connectivity index (χ3n) is 6.18. The van der Waals surface area contributed by atoms with Gasteiger partial charge in [-0.05, 0) is 62.8 Å². The Kier molecular flexibility index (Phi) is 7.57. The first-order chi connectivity index (χ1) is 16.0. The van der Waals surface area contributed by atoms with Gasteiger partial charge in [0.2, 0.25) is 5.91 Å². The predicted molar refractivity (Wildman–Crippen MR) is 132 cm³/mol. The Hall–Kier alpha value is -2.97. The first kappa shape index (κ1) is 23.2. The number of aromatic amines is 1. The van der Waals surface area contributed by atoms with Gasteiger partial charge >= 0.3 is 0 Å². The van der Waals surface area contributed by atoms with Crippen LogP contribution < -0.4 is 10.1 Å². The van der Waals surface area contributed by atoms with Gasteiger partial charge in [0, 0.05) is 25.1 Å². The quantitative estimate of drug-likeness (QED) is 0.462. The van der Waals surface area contributed by atoms with Crippen LogP contribution in [0.15, 0.2) is 48.5 Å². The molecule has 7 nitrogen and oxygen atoms in total. The van der Waals surface area contributed by atoms with E-state index in [1.54, 1.807) is 7.11 Å². The van der Waals surface area contributed by atoms with E-state index in [0.717, 1.165) is 35.8 Å². The van der Waals surface area contributed by atoms with Gasteiger partial charge in [-0.3, -0.25) is 19.4 Å². The normalized spacial score (nSPS) is 14.8. The van der Waals surface area contributed by atoms with Gasteiger partial charge in [-0.2, -0.15) is 5.10 Å². The van der Waals surface area contributed by atoms with Crippen molar-refractivity contribution in [3.8, 4) is 17.1 Å². The van der Waals surface area contributed by atoms with E-state index in [1.807, 2.05) is 47.9 Å². The molecule has 0 aliphatic carbocycles. The molecule has 33 heavy (non-hydrogen) atoms. The highest BCUT2D eigenvalue weighted by molar-refractivity contribution is 7.71. The number of methoxy groups -OCH3 is 1. The third-order valence-corrected chi connectivity index (χ3v) is 6.49. The van der Waals surface area contributed by atoms with E-state index in [4.69, 9.17) is 17.0 Å². The molecule has 174 valence electrons. The Bertz CT molecular complexity index is 1130. The molecule has 1 unspecified atom stereocenters. The smallest absolute Gasteiger partial charge is 0.221 e. The van der Waals surface area contributed by atoms with E-state index in [2.05, 4.69) is 32.5 Å². The van der Waals surface area contributed by atoms with Crippen molar-refractivity contribution in [3.63, 3.8) is 0 Å². The summed E-state index contributed by atoms with van der Waals surface area (Å²) in [5, 5.41) is 10.4. The van der Waals surface area contributed by atoms with Gasteiger partial charge in [-0.15, -0.1) is 0 Å². The number of amides is 1. The summed E-state index contributed by atoms with van der Waals surface area (Å²) in [4.78, 5) is 15.2. The standard InChI is InChI=1S/C25H31N5O2S/c1-18-8-10-19(11-9-18)24-27-28-25(33)30(24)15-12-23(31)26-17-22(29-13-3-4-14-29)20-6-5-7-21(16-20)32-2/h5-11,16,22H,3-4,12-15,17H2,1-2H3,(H,26,31)(H,28,33). The zero-order valence-corrected chi connectivity index (χ0v) is 20.0. The van der Waals surface area contributed by atoms with Gasteiger partial charge in [-0.1, -0.05) is 42.0 Å². The van der Waals surface area contributed by atoms with E-state index in [9.17, 15) is 4.79 Å². The summed E-state index contributed by atoms with van der Waals surface area (Å²) in [5.41, 5.74) is 3.32. The number of aromatic nitrogens is 3. The molecule has 1 aliphatic heterocycles. The van der Waals surface area contributed by atoms with Crippen LogP contribution in [-0.4, -0.2) is 52.3 Å². The third kappa shape index (κ3) is 5.69. The molecule has 1 atom stereocenters. The number of rotatable bonds is 9. The molecule has 3 aromatic rings. The molecule has 1 aromatic heterocycles. The van der Waals surface area contributed by atoms with Gasteiger partial charge < -0.3 is 10.1 Å².